The van der Waals surface area contributed by atoms with Crippen LogP contribution in [-0.4, -0.2) is 33.3 Å². The number of aromatic hydroxyl groups is 3. The molecule has 0 fully saturated rings. The number of nitrogens with one attached hydrogen (secondary N) is 2. The standard InChI is InChI=1S/C21H25N3O5/c25-17-10-6-5-9-16(17)23-19(27)12-3-1-2-4-13-20(28)24-22-14-15-8-7-11-18(26)21(15)29/h5-11,14,25-26,29H,1-4,12-13H2,(H,23,27)(H,24,28)/b22-14+. The molecule has 0 heterocycles. The molecule has 2 rings (SSSR count). The average molecular weight is 399 g/mol. The Morgan fingerprint density at radius 1 is 0.828 bits per heavy atom. The molecule has 0 aliphatic heterocycles. The number of para-hydroxylation sites is 3. The molecule has 0 bridgehead atoms. The lowest BCUT2D eigenvalue weighted by atomic mass is 10.1. The number of benzene rings is 2. The fourth-order valence-corrected chi connectivity index (χ4v) is 2.60. The summed E-state index contributed by atoms with van der Waals surface area (Å²) >= 11 is 0. The van der Waals surface area contributed by atoms with Gasteiger partial charge < -0.3 is 20.6 Å². The summed E-state index contributed by atoms with van der Waals surface area (Å²) in [5, 5.41) is 35.0. The van der Waals surface area contributed by atoms with Gasteiger partial charge in [0.25, 0.3) is 0 Å². The highest BCUT2D eigenvalue weighted by Gasteiger charge is 2.06. The Morgan fingerprint density at radius 3 is 2.21 bits per heavy atom. The van der Waals surface area contributed by atoms with Crippen molar-refractivity contribution in [1.29, 1.82) is 0 Å². The minimum atomic E-state index is -0.294. The van der Waals surface area contributed by atoms with Crippen molar-refractivity contribution in [2.45, 2.75) is 38.5 Å². The van der Waals surface area contributed by atoms with Gasteiger partial charge in [0.1, 0.15) is 5.75 Å². The summed E-state index contributed by atoms with van der Waals surface area (Å²) in [6.45, 7) is 0. The zero-order valence-electron chi connectivity index (χ0n) is 16.0. The number of phenols is 3. The van der Waals surface area contributed by atoms with Crippen LogP contribution in [0.25, 0.3) is 0 Å². The molecule has 8 nitrogen and oxygen atoms in total. The first kappa shape index (κ1) is 21.7. The van der Waals surface area contributed by atoms with Gasteiger partial charge in [-0.05, 0) is 37.1 Å². The van der Waals surface area contributed by atoms with Gasteiger partial charge >= 0.3 is 0 Å². The largest absolute Gasteiger partial charge is 0.506 e. The molecule has 0 aliphatic carbocycles. The molecule has 2 amide bonds. The molecule has 0 atom stereocenters. The van der Waals surface area contributed by atoms with Crippen molar-refractivity contribution in [2.24, 2.45) is 5.10 Å². The molecule has 0 aromatic heterocycles. The van der Waals surface area contributed by atoms with Gasteiger partial charge in [0, 0.05) is 18.4 Å². The Morgan fingerprint density at radius 2 is 1.48 bits per heavy atom. The van der Waals surface area contributed by atoms with Crippen molar-refractivity contribution in [2.75, 3.05) is 5.32 Å². The van der Waals surface area contributed by atoms with Crippen LogP contribution in [0.1, 0.15) is 44.1 Å². The first-order valence-electron chi connectivity index (χ1n) is 9.38. The molecule has 0 unspecified atom stereocenters. The van der Waals surface area contributed by atoms with E-state index in [1.165, 1.54) is 18.3 Å². The monoisotopic (exact) mass is 399 g/mol. The second kappa shape index (κ2) is 11.3. The van der Waals surface area contributed by atoms with Gasteiger partial charge in [-0.15, -0.1) is 0 Å². The van der Waals surface area contributed by atoms with Gasteiger partial charge in [-0.25, -0.2) is 5.43 Å². The fraction of sp³-hybridized carbons (Fsp3) is 0.286. The summed E-state index contributed by atoms with van der Waals surface area (Å²) in [5.74, 6) is -0.924. The van der Waals surface area contributed by atoms with E-state index in [0.29, 0.717) is 36.9 Å². The van der Waals surface area contributed by atoms with Crippen molar-refractivity contribution in [3.8, 4) is 17.2 Å². The minimum Gasteiger partial charge on any atom is -0.506 e. The van der Waals surface area contributed by atoms with E-state index in [9.17, 15) is 24.9 Å². The molecule has 2 aromatic carbocycles. The Hall–Kier alpha value is -3.55. The summed E-state index contributed by atoms with van der Waals surface area (Å²) in [6.07, 6.45) is 4.87. The molecular formula is C21H25N3O5. The topological polar surface area (TPSA) is 131 Å². The van der Waals surface area contributed by atoms with Gasteiger partial charge in [0.05, 0.1) is 11.9 Å². The first-order chi connectivity index (χ1) is 14.0. The van der Waals surface area contributed by atoms with Crippen LogP contribution in [0, 0.1) is 0 Å². The Balaban J connectivity index is 1.56. The summed E-state index contributed by atoms with van der Waals surface area (Å²) < 4.78 is 0. The van der Waals surface area contributed by atoms with Gasteiger partial charge in [0.15, 0.2) is 11.5 Å². The second-order valence-corrected chi connectivity index (χ2v) is 6.49. The number of carbonyl (C=O) groups excluding carboxylic acids is 2. The summed E-state index contributed by atoms with van der Waals surface area (Å²) in [5.41, 5.74) is 3.07. The third kappa shape index (κ3) is 7.53. The molecule has 0 aliphatic rings. The molecule has 0 saturated heterocycles. The number of phenolic OH excluding ortho intramolecular Hbond substituents is 3. The van der Waals surface area contributed by atoms with Crippen LogP contribution in [0.4, 0.5) is 5.69 Å². The maximum Gasteiger partial charge on any atom is 0.240 e. The molecule has 0 radical (unpaired) electrons. The van der Waals surface area contributed by atoms with E-state index in [1.807, 2.05) is 0 Å². The minimum absolute atomic E-state index is 0.0359. The number of anilines is 1. The maximum absolute atomic E-state index is 11.9. The summed E-state index contributed by atoms with van der Waals surface area (Å²) in [4.78, 5) is 23.6. The number of hydrogen-bond acceptors (Lipinski definition) is 6. The molecule has 0 spiro atoms. The lowest BCUT2D eigenvalue weighted by molar-refractivity contribution is -0.121. The predicted molar refractivity (Wildman–Crippen MR) is 110 cm³/mol. The summed E-state index contributed by atoms with van der Waals surface area (Å²) in [6, 6.07) is 11.0. The van der Waals surface area contributed by atoms with E-state index in [0.717, 1.165) is 12.8 Å². The maximum atomic E-state index is 11.9. The normalized spacial score (nSPS) is 10.8. The lowest BCUT2D eigenvalue weighted by Gasteiger charge is -2.06. The van der Waals surface area contributed by atoms with Crippen LogP contribution < -0.4 is 10.7 Å². The van der Waals surface area contributed by atoms with E-state index in [2.05, 4.69) is 15.8 Å². The molecular weight excluding hydrogens is 374 g/mol. The number of amides is 2. The number of carbonyl (C=O) groups is 2. The molecule has 2 aromatic rings. The second-order valence-electron chi connectivity index (χ2n) is 6.49. The SMILES string of the molecule is O=C(CCCCCCC(=O)Nc1ccccc1O)N/N=C/c1cccc(O)c1O. The quantitative estimate of drug-likeness (QED) is 0.181. The van der Waals surface area contributed by atoms with Crippen molar-refractivity contribution >= 4 is 23.7 Å². The van der Waals surface area contributed by atoms with Gasteiger partial charge in [-0.2, -0.15) is 5.10 Å². The van der Waals surface area contributed by atoms with Crippen LogP contribution in [0.5, 0.6) is 17.2 Å². The number of hydrazone groups is 1. The number of unbranched alkanes of at least 4 members (excludes halogenated alkanes) is 3. The zero-order chi connectivity index (χ0) is 21.1. The van der Waals surface area contributed by atoms with Crippen LogP contribution in [0.15, 0.2) is 47.6 Å². The van der Waals surface area contributed by atoms with Crippen molar-refractivity contribution in [3.05, 3.63) is 48.0 Å². The first-order valence-corrected chi connectivity index (χ1v) is 9.38. The van der Waals surface area contributed by atoms with Gasteiger partial charge in [0.2, 0.25) is 11.8 Å². The Bertz CT molecular complexity index is 867. The van der Waals surface area contributed by atoms with E-state index in [4.69, 9.17) is 0 Å². The molecule has 29 heavy (non-hydrogen) atoms. The number of nitrogens with zero attached hydrogens (tertiary/aromatic N) is 1. The van der Waals surface area contributed by atoms with Gasteiger partial charge in [-0.3, -0.25) is 9.59 Å². The highest BCUT2D eigenvalue weighted by Crippen LogP contribution is 2.26. The van der Waals surface area contributed by atoms with Crippen molar-refractivity contribution < 1.29 is 24.9 Å². The molecule has 8 heteroatoms. The van der Waals surface area contributed by atoms with Crippen LogP contribution in [0.3, 0.4) is 0 Å². The third-order valence-electron chi connectivity index (χ3n) is 4.17. The van der Waals surface area contributed by atoms with E-state index in [-0.39, 0.29) is 29.1 Å². The van der Waals surface area contributed by atoms with Crippen LogP contribution >= 0.6 is 0 Å². The van der Waals surface area contributed by atoms with Crippen molar-refractivity contribution in [3.63, 3.8) is 0 Å². The van der Waals surface area contributed by atoms with E-state index in [1.54, 1.807) is 30.3 Å². The zero-order valence-corrected chi connectivity index (χ0v) is 16.0. The predicted octanol–water partition coefficient (Wildman–Crippen LogP) is 3.23. The van der Waals surface area contributed by atoms with Crippen LogP contribution in [0.2, 0.25) is 0 Å². The van der Waals surface area contributed by atoms with E-state index >= 15 is 0 Å². The smallest absolute Gasteiger partial charge is 0.240 e. The van der Waals surface area contributed by atoms with E-state index < -0.39 is 0 Å². The van der Waals surface area contributed by atoms with Crippen molar-refractivity contribution in [1.82, 2.24) is 5.43 Å². The number of rotatable bonds is 10. The highest BCUT2D eigenvalue weighted by atomic mass is 16.3. The fourth-order valence-electron chi connectivity index (χ4n) is 2.60. The number of hydrogen-bond donors (Lipinski definition) is 5. The molecule has 154 valence electrons. The molecule has 0 saturated carbocycles. The molecule has 5 N–H and O–H groups in total. The van der Waals surface area contributed by atoms with Crippen LogP contribution in [-0.2, 0) is 9.59 Å². The van der Waals surface area contributed by atoms with Gasteiger partial charge in [-0.1, -0.05) is 31.0 Å². The Kier molecular flexibility index (Phi) is 8.50. The summed E-state index contributed by atoms with van der Waals surface area (Å²) in [7, 11) is 0. The average Bonchev–Trinajstić information content (AvgIpc) is 2.69. The Labute approximate surface area is 168 Å². The highest BCUT2D eigenvalue weighted by molar-refractivity contribution is 5.92. The third-order valence-corrected chi connectivity index (χ3v) is 4.17. The lowest BCUT2D eigenvalue weighted by Crippen LogP contribution is -2.17.